The summed E-state index contributed by atoms with van der Waals surface area (Å²) in [6, 6.07) is 5.86. The lowest BCUT2D eigenvalue weighted by molar-refractivity contribution is 0.0752. The predicted molar refractivity (Wildman–Crippen MR) is 76.0 cm³/mol. The summed E-state index contributed by atoms with van der Waals surface area (Å²) in [4.78, 5) is 0. The Bertz CT molecular complexity index is 350. The highest BCUT2D eigenvalue weighted by molar-refractivity contribution is 5.53. The first-order chi connectivity index (χ1) is 8.59. The number of nitrogens with two attached hydrogens (primary N) is 1. The van der Waals surface area contributed by atoms with Crippen molar-refractivity contribution in [1.29, 1.82) is 0 Å². The Kier molecular flexibility index (Phi) is 6.58. The molecular weight excluding hydrogens is 226 g/mol. The fourth-order valence-electron chi connectivity index (χ4n) is 1.65. The number of ether oxygens (including phenoxy) is 2. The maximum atomic E-state index is 5.84. The van der Waals surface area contributed by atoms with Crippen LogP contribution >= 0.6 is 0 Å². The molecule has 0 saturated carbocycles. The van der Waals surface area contributed by atoms with Crippen LogP contribution in [-0.4, -0.2) is 19.3 Å². The highest BCUT2D eigenvalue weighted by atomic mass is 16.5. The Morgan fingerprint density at radius 2 is 1.83 bits per heavy atom. The van der Waals surface area contributed by atoms with E-state index < -0.39 is 0 Å². The van der Waals surface area contributed by atoms with Gasteiger partial charge in [0.05, 0.1) is 18.4 Å². The SMILES string of the molecule is Cc1ccc(N)c(OCCCCCOC(C)C)c1. The summed E-state index contributed by atoms with van der Waals surface area (Å²) in [5.74, 6) is 0.799. The fraction of sp³-hybridized carbons (Fsp3) is 0.600. The number of hydrogen-bond acceptors (Lipinski definition) is 3. The molecule has 2 N–H and O–H groups in total. The van der Waals surface area contributed by atoms with E-state index in [-0.39, 0.29) is 0 Å². The van der Waals surface area contributed by atoms with Crippen LogP contribution in [0.1, 0.15) is 38.7 Å². The van der Waals surface area contributed by atoms with Gasteiger partial charge in [0.15, 0.2) is 0 Å². The zero-order valence-electron chi connectivity index (χ0n) is 11.7. The first-order valence-electron chi connectivity index (χ1n) is 6.70. The van der Waals surface area contributed by atoms with Crippen molar-refractivity contribution in [1.82, 2.24) is 0 Å². The van der Waals surface area contributed by atoms with Gasteiger partial charge in [-0.25, -0.2) is 0 Å². The average molecular weight is 251 g/mol. The molecule has 3 nitrogen and oxygen atoms in total. The van der Waals surface area contributed by atoms with Crippen molar-refractivity contribution in [3.63, 3.8) is 0 Å². The van der Waals surface area contributed by atoms with Gasteiger partial charge in [-0.3, -0.25) is 0 Å². The quantitative estimate of drug-likeness (QED) is 0.567. The molecule has 0 aliphatic rings. The van der Waals surface area contributed by atoms with Crippen molar-refractivity contribution in [2.45, 2.75) is 46.1 Å². The zero-order chi connectivity index (χ0) is 13.4. The fourth-order valence-corrected chi connectivity index (χ4v) is 1.65. The van der Waals surface area contributed by atoms with Gasteiger partial charge < -0.3 is 15.2 Å². The highest BCUT2D eigenvalue weighted by Crippen LogP contribution is 2.22. The van der Waals surface area contributed by atoms with Crippen LogP contribution in [0.25, 0.3) is 0 Å². The van der Waals surface area contributed by atoms with Crippen LogP contribution in [0.5, 0.6) is 5.75 Å². The second-order valence-corrected chi connectivity index (χ2v) is 4.87. The summed E-state index contributed by atoms with van der Waals surface area (Å²) in [6.45, 7) is 7.71. The lowest BCUT2D eigenvalue weighted by atomic mass is 10.2. The zero-order valence-corrected chi connectivity index (χ0v) is 11.7. The van der Waals surface area contributed by atoms with Crippen LogP contribution in [0.2, 0.25) is 0 Å². The molecule has 0 aliphatic carbocycles. The van der Waals surface area contributed by atoms with Gasteiger partial charge in [-0.15, -0.1) is 0 Å². The molecule has 0 unspecified atom stereocenters. The lowest BCUT2D eigenvalue weighted by Gasteiger charge is -2.10. The number of hydrogen-bond donors (Lipinski definition) is 1. The first-order valence-corrected chi connectivity index (χ1v) is 6.70. The molecule has 3 heteroatoms. The Morgan fingerprint density at radius 1 is 1.11 bits per heavy atom. The molecule has 1 aromatic carbocycles. The maximum Gasteiger partial charge on any atom is 0.142 e. The van der Waals surface area contributed by atoms with Crippen molar-refractivity contribution >= 4 is 5.69 Å². The Labute approximate surface area is 110 Å². The molecule has 0 heterocycles. The highest BCUT2D eigenvalue weighted by Gasteiger charge is 2.00. The van der Waals surface area contributed by atoms with Crippen LogP contribution in [0.15, 0.2) is 18.2 Å². The molecule has 0 saturated heterocycles. The third-order valence-electron chi connectivity index (χ3n) is 2.67. The molecule has 0 aromatic heterocycles. The first kappa shape index (κ1) is 14.8. The van der Waals surface area contributed by atoms with Crippen molar-refractivity contribution in [3.05, 3.63) is 23.8 Å². The summed E-state index contributed by atoms with van der Waals surface area (Å²) >= 11 is 0. The minimum atomic E-state index is 0.327. The van der Waals surface area contributed by atoms with Gasteiger partial charge in [-0.2, -0.15) is 0 Å². The summed E-state index contributed by atoms with van der Waals surface area (Å²) < 4.78 is 11.2. The van der Waals surface area contributed by atoms with Gasteiger partial charge >= 0.3 is 0 Å². The number of aryl methyl sites for hydroxylation is 1. The molecule has 1 rings (SSSR count). The second kappa shape index (κ2) is 7.98. The van der Waals surface area contributed by atoms with E-state index in [1.807, 2.05) is 25.1 Å². The molecule has 0 spiro atoms. The second-order valence-electron chi connectivity index (χ2n) is 4.87. The van der Waals surface area contributed by atoms with Crippen molar-refractivity contribution in [2.75, 3.05) is 18.9 Å². The van der Waals surface area contributed by atoms with Crippen LogP contribution in [-0.2, 0) is 4.74 Å². The molecular formula is C15H25NO2. The molecule has 18 heavy (non-hydrogen) atoms. The largest absolute Gasteiger partial charge is 0.491 e. The van der Waals surface area contributed by atoms with E-state index in [0.717, 1.165) is 38.2 Å². The predicted octanol–water partition coefficient (Wildman–Crippen LogP) is 3.55. The molecule has 0 fully saturated rings. The minimum Gasteiger partial charge on any atom is -0.491 e. The molecule has 0 amide bonds. The number of nitrogen functional groups attached to an aromatic ring is 1. The Balaban J connectivity index is 2.12. The summed E-state index contributed by atoms with van der Waals surface area (Å²) in [5.41, 5.74) is 7.72. The monoisotopic (exact) mass is 251 g/mol. The molecule has 0 radical (unpaired) electrons. The van der Waals surface area contributed by atoms with Crippen LogP contribution in [0.4, 0.5) is 5.69 Å². The third-order valence-corrected chi connectivity index (χ3v) is 2.67. The Hall–Kier alpha value is -1.22. The average Bonchev–Trinajstić information content (AvgIpc) is 2.32. The van der Waals surface area contributed by atoms with E-state index in [9.17, 15) is 0 Å². The smallest absolute Gasteiger partial charge is 0.142 e. The Morgan fingerprint density at radius 3 is 2.56 bits per heavy atom. The molecule has 0 aliphatic heterocycles. The van der Waals surface area contributed by atoms with E-state index in [2.05, 4.69) is 13.8 Å². The van der Waals surface area contributed by atoms with Gasteiger partial charge in [0, 0.05) is 6.61 Å². The number of unbranched alkanes of at least 4 members (excludes halogenated alkanes) is 2. The van der Waals surface area contributed by atoms with Crippen LogP contribution in [0, 0.1) is 6.92 Å². The van der Waals surface area contributed by atoms with E-state index in [1.54, 1.807) is 0 Å². The van der Waals surface area contributed by atoms with Crippen molar-refractivity contribution < 1.29 is 9.47 Å². The standard InChI is InChI=1S/C15H25NO2/c1-12(2)17-9-5-4-6-10-18-15-11-13(3)7-8-14(15)16/h7-8,11-12H,4-6,9-10,16H2,1-3H3. The maximum absolute atomic E-state index is 5.84. The molecule has 102 valence electrons. The van der Waals surface area contributed by atoms with Gasteiger partial charge in [0.2, 0.25) is 0 Å². The summed E-state index contributed by atoms with van der Waals surface area (Å²) in [6.07, 6.45) is 3.58. The van der Waals surface area contributed by atoms with Gasteiger partial charge in [-0.05, 0) is 57.7 Å². The molecule has 0 bridgehead atoms. The van der Waals surface area contributed by atoms with Gasteiger partial charge in [0.1, 0.15) is 5.75 Å². The van der Waals surface area contributed by atoms with Crippen LogP contribution in [0.3, 0.4) is 0 Å². The molecule has 0 atom stereocenters. The number of rotatable bonds is 8. The minimum absolute atomic E-state index is 0.327. The number of benzene rings is 1. The van der Waals surface area contributed by atoms with E-state index in [1.165, 1.54) is 5.56 Å². The summed E-state index contributed by atoms with van der Waals surface area (Å²) in [7, 11) is 0. The lowest BCUT2D eigenvalue weighted by Crippen LogP contribution is -2.05. The van der Waals surface area contributed by atoms with Crippen LogP contribution < -0.4 is 10.5 Å². The van der Waals surface area contributed by atoms with Crippen molar-refractivity contribution in [3.8, 4) is 5.75 Å². The normalized spacial score (nSPS) is 10.9. The molecule has 1 aromatic rings. The van der Waals surface area contributed by atoms with E-state index in [0.29, 0.717) is 11.8 Å². The van der Waals surface area contributed by atoms with E-state index in [4.69, 9.17) is 15.2 Å². The summed E-state index contributed by atoms with van der Waals surface area (Å²) in [5, 5.41) is 0. The van der Waals surface area contributed by atoms with E-state index >= 15 is 0 Å². The van der Waals surface area contributed by atoms with Gasteiger partial charge in [-0.1, -0.05) is 6.07 Å². The third kappa shape index (κ3) is 5.92. The van der Waals surface area contributed by atoms with Gasteiger partial charge in [0.25, 0.3) is 0 Å². The van der Waals surface area contributed by atoms with Crippen molar-refractivity contribution in [2.24, 2.45) is 0 Å². The topological polar surface area (TPSA) is 44.5 Å². The number of anilines is 1.